The number of esters is 1. The highest BCUT2D eigenvalue weighted by atomic mass is 16.5. The number of H-pyrrole nitrogens is 1. The molecule has 23 heavy (non-hydrogen) atoms. The zero-order valence-corrected chi connectivity index (χ0v) is 13.5. The zero-order valence-electron chi connectivity index (χ0n) is 13.5. The quantitative estimate of drug-likeness (QED) is 0.503. The van der Waals surface area contributed by atoms with Crippen LogP contribution < -0.4 is 5.43 Å². The van der Waals surface area contributed by atoms with E-state index in [2.05, 4.69) is 15.5 Å². The van der Waals surface area contributed by atoms with Crippen LogP contribution in [0.4, 0.5) is 0 Å². The number of aryl methyl sites for hydroxylation is 2. The predicted molar refractivity (Wildman–Crippen MR) is 84.7 cm³/mol. The molecule has 0 aliphatic rings. The van der Waals surface area contributed by atoms with E-state index < -0.39 is 0 Å². The minimum atomic E-state index is -0.378. The maximum absolute atomic E-state index is 11.9. The number of aromatic nitrogens is 1. The molecule has 2 N–H and O–H groups in total. The number of carbonyl (C=O) groups excluding carboxylic acids is 2. The van der Waals surface area contributed by atoms with E-state index in [9.17, 15) is 9.59 Å². The highest BCUT2D eigenvalue weighted by molar-refractivity contribution is 5.97. The number of aromatic amines is 1. The molecule has 0 radical (unpaired) electrons. The first kappa shape index (κ1) is 16.5. The average molecular weight is 317 g/mol. The van der Waals surface area contributed by atoms with Crippen LogP contribution >= 0.6 is 0 Å². The number of nitrogens with zero attached hydrogens (tertiary/aromatic N) is 1. The number of ether oxygens (including phenoxy) is 1. The fourth-order valence-electron chi connectivity index (χ4n) is 2.25. The summed E-state index contributed by atoms with van der Waals surface area (Å²) in [5, 5.41) is 3.91. The fraction of sp³-hybridized carbons (Fsp3) is 0.312. The third-order valence-corrected chi connectivity index (χ3v) is 3.42. The van der Waals surface area contributed by atoms with Gasteiger partial charge in [0, 0.05) is 5.69 Å². The van der Waals surface area contributed by atoms with Crippen LogP contribution in [-0.2, 0) is 4.74 Å². The summed E-state index contributed by atoms with van der Waals surface area (Å²) in [6, 6.07) is 1.57. The minimum absolute atomic E-state index is 0.312. The van der Waals surface area contributed by atoms with Crippen LogP contribution in [0.2, 0.25) is 0 Å². The Bertz CT molecular complexity index is 755. The Morgan fingerprint density at radius 3 is 2.74 bits per heavy atom. The average Bonchev–Trinajstić information content (AvgIpc) is 3.03. The van der Waals surface area contributed by atoms with Crippen molar-refractivity contribution in [1.82, 2.24) is 10.4 Å². The van der Waals surface area contributed by atoms with Crippen molar-refractivity contribution >= 4 is 18.1 Å². The maximum Gasteiger partial charge on any atom is 0.340 e. The van der Waals surface area contributed by atoms with E-state index in [0.29, 0.717) is 34.9 Å². The Morgan fingerprint density at radius 1 is 1.39 bits per heavy atom. The Morgan fingerprint density at radius 2 is 2.13 bits per heavy atom. The number of rotatable bonds is 5. The molecule has 0 spiro atoms. The summed E-state index contributed by atoms with van der Waals surface area (Å²) < 4.78 is 10.1. The van der Waals surface area contributed by atoms with E-state index in [0.717, 1.165) is 5.56 Å². The van der Waals surface area contributed by atoms with Gasteiger partial charge in [0.2, 0.25) is 0 Å². The molecule has 7 heteroatoms. The van der Waals surface area contributed by atoms with Crippen LogP contribution in [0.1, 0.15) is 50.4 Å². The van der Waals surface area contributed by atoms with Gasteiger partial charge in [0.1, 0.15) is 5.76 Å². The Kier molecular flexibility index (Phi) is 5.00. The van der Waals surface area contributed by atoms with Gasteiger partial charge in [-0.3, -0.25) is 4.79 Å². The largest absolute Gasteiger partial charge is 0.469 e. The molecule has 0 bridgehead atoms. The van der Waals surface area contributed by atoms with Gasteiger partial charge in [-0.15, -0.1) is 0 Å². The van der Waals surface area contributed by atoms with Gasteiger partial charge in [0.25, 0.3) is 5.91 Å². The first-order chi connectivity index (χ1) is 11.0. The monoisotopic (exact) mass is 317 g/mol. The predicted octanol–water partition coefficient (Wildman–Crippen LogP) is 2.47. The highest BCUT2D eigenvalue weighted by Crippen LogP contribution is 2.17. The van der Waals surface area contributed by atoms with E-state index in [4.69, 9.17) is 9.15 Å². The molecule has 2 rings (SSSR count). The zero-order chi connectivity index (χ0) is 17.0. The van der Waals surface area contributed by atoms with Gasteiger partial charge in [-0.1, -0.05) is 0 Å². The van der Waals surface area contributed by atoms with Crippen molar-refractivity contribution in [2.75, 3.05) is 6.61 Å². The minimum Gasteiger partial charge on any atom is -0.469 e. The first-order valence-corrected chi connectivity index (χ1v) is 7.19. The summed E-state index contributed by atoms with van der Waals surface area (Å²) in [6.45, 7) is 7.34. The van der Waals surface area contributed by atoms with Crippen LogP contribution in [0.25, 0.3) is 0 Å². The van der Waals surface area contributed by atoms with Crippen molar-refractivity contribution in [3.63, 3.8) is 0 Å². The van der Waals surface area contributed by atoms with Crippen LogP contribution in [0.3, 0.4) is 0 Å². The van der Waals surface area contributed by atoms with Gasteiger partial charge in [-0.2, -0.15) is 5.10 Å². The lowest BCUT2D eigenvalue weighted by Gasteiger charge is -2.01. The summed E-state index contributed by atoms with van der Waals surface area (Å²) >= 11 is 0. The van der Waals surface area contributed by atoms with Gasteiger partial charge < -0.3 is 14.1 Å². The lowest BCUT2D eigenvalue weighted by molar-refractivity contribution is 0.0525. The lowest BCUT2D eigenvalue weighted by atomic mass is 10.1. The molecule has 0 unspecified atom stereocenters. The van der Waals surface area contributed by atoms with Crippen LogP contribution in [0, 0.1) is 20.8 Å². The summed E-state index contributed by atoms with van der Waals surface area (Å²) in [7, 11) is 0. The molecule has 0 atom stereocenters. The molecule has 2 heterocycles. The number of amides is 1. The number of carbonyl (C=O) groups is 2. The Balaban J connectivity index is 2.12. The molecular formula is C16H19N3O4. The standard InChI is InChI=1S/C16H19N3O4/c1-5-22-16(21)14-9(2)13(18-10(14)3)8-17-19-15(20)12-6-7-23-11(12)4/h6-8,18H,5H2,1-4H3,(H,19,20)/b17-8+. The van der Waals surface area contributed by atoms with Crippen molar-refractivity contribution in [3.05, 3.63) is 46.2 Å². The SMILES string of the molecule is CCOC(=O)c1c(C)[nH]c(/C=N/NC(=O)c2ccoc2C)c1C. The van der Waals surface area contributed by atoms with E-state index in [1.807, 2.05) is 0 Å². The number of hydrogen-bond donors (Lipinski definition) is 2. The number of hydrogen-bond acceptors (Lipinski definition) is 5. The van der Waals surface area contributed by atoms with Crippen LogP contribution in [-0.4, -0.2) is 29.7 Å². The van der Waals surface area contributed by atoms with Gasteiger partial charge in [0.15, 0.2) is 0 Å². The van der Waals surface area contributed by atoms with E-state index in [1.165, 1.54) is 12.5 Å². The maximum atomic E-state index is 11.9. The second kappa shape index (κ2) is 6.95. The molecule has 0 fully saturated rings. The van der Waals surface area contributed by atoms with Crippen molar-refractivity contribution in [1.29, 1.82) is 0 Å². The molecular weight excluding hydrogens is 298 g/mol. The highest BCUT2D eigenvalue weighted by Gasteiger charge is 2.18. The topological polar surface area (TPSA) is 96.7 Å². The molecule has 0 aliphatic heterocycles. The van der Waals surface area contributed by atoms with Crippen molar-refractivity contribution < 1.29 is 18.7 Å². The second-order valence-electron chi connectivity index (χ2n) is 4.97. The number of furan rings is 1. The molecule has 0 saturated carbocycles. The van der Waals surface area contributed by atoms with E-state index in [1.54, 1.807) is 33.8 Å². The third kappa shape index (κ3) is 3.50. The van der Waals surface area contributed by atoms with Gasteiger partial charge >= 0.3 is 5.97 Å². The summed E-state index contributed by atoms with van der Waals surface area (Å²) in [4.78, 5) is 26.9. The van der Waals surface area contributed by atoms with Gasteiger partial charge in [0.05, 0.1) is 35.9 Å². The Labute approximate surface area is 133 Å². The third-order valence-electron chi connectivity index (χ3n) is 3.42. The van der Waals surface area contributed by atoms with Crippen LogP contribution in [0.5, 0.6) is 0 Å². The molecule has 2 aromatic rings. The van der Waals surface area contributed by atoms with Crippen molar-refractivity contribution in [2.45, 2.75) is 27.7 Å². The molecule has 1 amide bonds. The van der Waals surface area contributed by atoms with Crippen LogP contribution in [0.15, 0.2) is 21.8 Å². The van der Waals surface area contributed by atoms with Crippen molar-refractivity contribution in [2.24, 2.45) is 5.10 Å². The summed E-state index contributed by atoms with van der Waals surface area (Å²) in [5.74, 6) is -0.218. The van der Waals surface area contributed by atoms with Gasteiger partial charge in [-0.05, 0) is 39.3 Å². The smallest absolute Gasteiger partial charge is 0.340 e. The Hall–Kier alpha value is -2.83. The van der Waals surface area contributed by atoms with E-state index in [-0.39, 0.29) is 11.9 Å². The lowest BCUT2D eigenvalue weighted by Crippen LogP contribution is -2.17. The molecule has 2 aromatic heterocycles. The van der Waals surface area contributed by atoms with E-state index >= 15 is 0 Å². The normalized spacial score (nSPS) is 11.0. The fourth-order valence-corrected chi connectivity index (χ4v) is 2.25. The summed E-state index contributed by atoms with van der Waals surface area (Å²) in [5.41, 5.74) is 5.38. The first-order valence-electron chi connectivity index (χ1n) is 7.19. The molecule has 0 aliphatic carbocycles. The number of nitrogens with one attached hydrogen (secondary N) is 2. The molecule has 0 aromatic carbocycles. The second-order valence-corrected chi connectivity index (χ2v) is 4.97. The molecule has 122 valence electrons. The van der Waals surface area contributed by atoms with Crippen molar-refractivity contribution in [3.8, 4) is 0 Å². The number of hydrazone groups is 1. The van der Waals surface area contributed by atoms with Gasteiger partial charge in [-0.25, -0.2) is 10.2 Å². The molecule has 7 nitrogen and oxygen atoms in total. The molecule has 0 saturated heterocycles. The summed E-state index contributed by atoms with van der Waals surface area (Å²) in [6.07, 6.45) is 2.90.